The Bertz CT molecular complexity index is 1200. The van der Waals surface area contributed by atoms with Crippen LogP contribution < -0.4 is 0 Å². The van der Waals surface area contributed by atoms with Crippen LogP contribution in [0.1, 0.15) is 39.0 Å². The van der Waals surface area contributed by atoms with Gasteiger partial charge in [-0.05, 0) is 53.2 Å². The van der Waals surface area contributed by atoms with Crippen LogP contribution in [0.2, 0.25) is 0 Å². The number of thioether (sulfide) groups is 1. The molecule has 0 aromatic rings. The first-order valence-corrected chi connectivity index (χ1v) is 15.0. The Morgan fingerprint density at radius 2 is 1.89 bits per heavy atom. The largest absolute Gasteiger partial charge is 0.464 e. The van der Waals surface area contributed by atoms with Crippen molar-refractivity contribution in [2.24, 2.45) is 16.8 Å². The molecule has 1 unspecified atom stereocenters. The Balaban J connectivity index is 1.36. The van der Waals surface area contributed by atoms with E-state index in [9.17, 15) is 9.59 Å². The number of carbonyl (C=O) groups excluding carboxylic acids is 2. The highest BCUT2D eigenvalue weighted by molar-refractivity contribution is 8.19. The standard InChI is InChI=1S/C30H38N4O3S/c1-3-32-12-14-34(15-13-32)25(35)19-33-17-21-16-31-29(30(36)37-2)38-28(21)27-24(18-33)22-10-7-11-23(22)26(27)20-8-5-4-6-9-20/h7,10-11,18,20,22H,3-6,8-9,12-17,19H2,1-2H3. The maximum Gasteiger partial charge on any atom is 0.363 e. The molecule has 1 saturated heterocycles. The zero-order valence-corrected chi connectivity index (χ0v) is 23.4. The molecule has 3 heterocycles. The summed E-state index contributed by atoms with van der Waals surface area (Å²) in [6, 6.07) is 0. The Hall–Kier alpha value is -2.58. The lowest BCUT2D eigenvalue weighted by Gasteiger charge is -2.35. The SMILES string of the molecule is CCN1CCN(C(=O)CN2C=C3C(=C(C4CCCCC4)C4=CC=CC34)C3=C(CN=C(C(=O)OC)S3)C2)CC1. The van der Waals surface area contributed by atoms with Crippen LogP contribution in [0.4, 0.5) is 0 Å². The molecular weight excluding hydrogens is 496 g/mol. The van der Waals surface area contributed by atoms with Crippen molar-refractivity contribution in [1.29, 1.82) is 0 Å². The molecule has 7 nitrogen and oxygen atoms in total. The van der Waals surface area contributed by atoms with Gasteiger partial charge in [0, 0.05) is 49.7 Å². The van der Waals surface area contributed by atoms with E-state index in [1.807, 2.05) is 4.90 Å². The number of hydrogen-bond donors (Lipinski definition) is 0. The molecule has 0 N–H and O–H groups in total. The van der Waals surface area contributed by atoms with Crippen LogP contribution in [0, 0.1) is 11.8 Å². The molecule has 6 aliphatic rings. The number of carbonyl (C=O) groups is 2. The number of methoxy groups -OCH3 is 1. The van der Waals surface area contributed by atoms with Crippen LogP contribution in [-0.2, 0) is 14.3 Å². The Labute approximate surface area is 230 Å². The van der Waals surface area contributed by atoms with Gasteiger partial charge in [-0.15, -0.1) is 0 Å². The van der Waals surface area contributed by atoms with E-state index >= 15 is 0 Å². The predicted molar refractivity (Wildman–Crippen MR) is 152 cm³/mol. The average Bonchev–Trinajstić information content (AvgIpc) is 3.50. The first-order chi connectivity index (χ1) is 18.6. The van der Waals surface area contributed by atoms with Gasteiger partial charge in [0.15, 0.2) is 5.04 Å². The third-order valence-corrected chi connectivity index (χ3v) is 10.1. The van der Waals surface area contributed by atoms with E-state index in [0.717, 1.165) is 32.7 Å². The zero-order valence-electron chi connectivity index (χ0n) is 22.6. The summed E-state index contributed by atoms with van der Waals surface area (Å²) in [5.41, 5.74) is 6.67. The number of amides is 1. The van der Waals surface area contributed by atoms with Crippen LogP contribution in [0.5, 0.6) is 0 Å². The molecule has 1 atom stereocenters. The van der Waals surface area contributed by atoms with E-state index in [1.54, 1.807) is 0 Å². The number of aliphatic imine (C=N–C) groups is 1. The van der Waals surface area contributed by atoms with Gasteiger partial charge in [0.2, 0.25) is 5.91 Å². The summed E-state index contributed by atoms with van der Waals surface area (Å²) in [6.07, 6.45) is 15.3. The van der Waals surface area contributed by atoms with Crippen molar-refractivity contribution in [1.82, 2.24) is 14.7 Å². The van der Waals surface area contributed by atoms with Gasteiger partial charge in [0.25, 0.3) is 0 Å². The number of rotatable bonds is 5. The number of piperazine rings is 1. The quantitative estimate of drug-likeness (QED) is 0.498. The summed E-state index contributed by atoms with van der Waals surface area (Å²) >= 11 is 1.47. The molecule has 2 fully saturated rings. The fraction of sp³-hybridized carbons (Fsp3) is 0.567. The maximum absolute atomic E-state index is 13.4. The summed E-state index contributed by atoms with van der Waals surface area (Å²) in [6.45, 7) is 8.18. The molecule has 1 saturated carbocycles. The number of ether oxygens (including phenoxy) is 1. The molecule has 38 heavy (non-hydrogen) atoms. The zero-order chi connectivity index (χ0) is 26.2. The van der Waals surface area contributed by atoms with E-state index in [0.29, 0.717) is 30.6 Å². The minimum atomic E-state index is -0.369. The second-order valence-electron chi connectivity index (χ2n) is 11.1. The summed E-state index contributed by atoms with van der Waals surface area (Å²) in [5.74, 6) is 0.584. The first-order valence-electron chi connectivity index (χ1n) is 14.2. The van der Waals surface area contributed by atoms with Gasteiger partial charge in [-0.2, -0.15) is 0 Å². The van der Waals surface area contributed by atoms with Crippen LogP contribution in [0.3, 0.4) is 0 Å². The van der Waals surface area contributed by atoms with Gasteiger partial charge in [-0.25, -0.2) is 4.79 Å². The lowest BCUT2D eigenvalue weighted by atomic mass is 9.80. The van der Waals surface area contributed by atoms with Crippen molar-refractivity contribution < 1.29 is 14.3 Å². The molecule has 3 aliphatic carbocycles. The minimum absolute atomic E-state index is 0.192. The van der Waals surface area contributed by atoms with Crippen LogP contribution >= 0.6 is 11.8 Å². The van der Waals surface area contributed by atoms with Crippen LogP contribution in [0.15, 0.2) is 62.2 Å². The van der Waals surface area contributed by atoms with Crippen molar-refractivity contribution in [2.75, 3.05) is 59.5 Å². The van der Waals surface area contributed by atoms with Crippen molar-refractivity contribution >= 4 is 28.7 Å². The van der Waals surface area contributed by atoms with E-state index < -0.39 is 0 Å². The van der Waals surface area contributed by atoms with Gasteiger partial charge < -0.3 is 19.4 Å². The first kappa shape index (κ1) is 25.7. The number of hydrogen-bond acceptors (Lipinski definition) is 7. The molecule has 0 radical (unpaired) electrons. The van der Waals surface area contributed by atoms with Crippen LogP contribution in [-0.4, -0.2) is 91.1 Å². The van der Waals surface area contributed by atoms with Crippen molar-refractivity contribution in [3.8, 4) is 0 Å². The van der Waals surface area contributed by atoms with Crippen molar-refractivity contribution in [2.45, 2.75) is 39.0 Å². The summed E-state index contributed by atoms with van der Waals surface area (Å²) in [7, 11) is 1.42. The molecule has 1 amide bonds. The van der Waals surface area contributed by atoms with Gasteiger partial charge in [-0.1, -0.05) is 56.2 Å². The van der Waals surface area contributed by atoms with Crippen LogP contribution in [0.25, 0.3) is 0 Å². The van der Waals surface area contributed by atoms with Crippen molar-refractivity contribution in [3.05, 3.63) is 57.2 Å². The smallest absolute Gasteiger partial charge is 0.363 e. The monoisotopic (exact) mass is 534 g/mol. The van der Waals surface area contributed by atoms with Gasteiger partial charge in [0.05, 0.1) is 20.2 Å². The second-order valence-corrected chi connectivity index (χ2v) is 12.1. The van der Waals surface area contributed by atoms with E-state index in [4.69, 9.17) is 4.74 Å². The number of allylic oxidation sites excluding steroid dienone is 7. The molecule has 0 aromatic heterocycles. The number of fused-ring (bicyclic) bond motifs is 4. The molecule has 0 spiro atoms. The molecule has 202 valence electrons. The fourth-order valence-corrected chi connectivity index (χ4v) is 7.94. The molecule has 8 heteroatoms. The molecule has 3 aliphatic heterocycles. The highest BCUT2D eigenvalue weighted by atomic mass is 32.2. The van der Waals surface area contributed by atoms with Gasteiger partial charge >= 0.3 is 5.97 Å². The minimum Gasteiger partial charge on any atom is -0.464 e. The fourth-order valence-electron chi connectivity index (χ4n) is 6.85. The lowest BCUT2D eigenvalue weighted by molar-refractivity contribution is -0.133. The summed E-state index contributed by atoms with van der Waals surface area (Å²) < 4.78 is 5.06. The second kappa shape index (κ2) is 10.9. The maximum atomic E-state index is 13.4. The summed E-state index contributed by atoms with van der Waals surface area (Å²) in [5, 5.41) is 0.431. The van der Waals surface area contributed by atoms with Gasteiger partial charge in [0.1, 0.15) is 0 Å². The molecule has 0 bridgehead atoms. The highest BCUT2D eigenvalue weighted by Gasteiger charge is 2.42. The third kappa shape index (κ3) is 4.70. The number of esters is 1. The molecule has 6 rings (SSSR count). The van der Waals surface area contributed by atoms with E-state index in [2.05, 4.69) is 46.1 Å². The Morgan fingerprint density at radius 1 is 1.11 bits per heavy atom. The third-order valence-electron chi connectivity index (χ3n) is 8.88. The highest BCUT2D eigenvalue weighted by Crippen LogP contribution is 2.55. The van der Waals surface area contributed by atoms with Crippen molar-refractivity contribution in [3.63, 3.8) is 0 Å². The number of likely N-dealkylation sites (N-methyl/N-ethyl adjacent to an activating group) is 1. The lowest BCUT2D eigenvalue weighted by Crippen LogP contribution is -2.50. The average molecular weight is 535 g/mol. The Kier molecular flexibility index (Phi) is 7.36. The van der Waals surface area contributed by atoms with E-state index in [-0.39, 0.29) is 17.8 Å². The summed E-state index contributed by atoms with van der Waals surface area (Å²) in [4.78, 5) is 38.4. The normalized spacial score (nSPS) is 25.9. The van der Waals surface area contributed by atoms with E-state index in [1.165, 1.54) is 83.7 Å². The Morgan fingerprint density at radius 3 is 2.63 bits per heavy atom. The topological polar surface area (TPSA) is 65.5 Å². The predicted octanol–water partition coefficient (Wildman–Crippen LogP) is 3.93. The molecular formula is C30H38N4O3S. The molecule has 0 aromatic carbocycles. The number of nitrogens with zero attached hydrogens (tertiary/aromatic N) is 4. The van der Waals surface area contributed by atoms with Gasteiger partial charge in [-0.3, -0.25) is 9.79 Å².